The van der Waals surface area contributed by atoms with Crippen LogP contribution < -0.4 is 0 Å². The largest absolute Gasteiger partial charge is 0.481 e. The van der Waals surface area contributed by atoms with Crippen LogP contribution in [0.15, 0.2) is 36.1 Å². The molecule has 6 heteroatoms. The molecule has 2 rings (SSSR count). The summed E-state index contributed by atoms with van der Waals surface area (Å²) < 4.78 is 13.8. The molecular formula is C14H12FNO4. The van der Waals surface area contributed by atoms with Crippen molar-refractivity contribution in [3.05, 3.63) is 47.6 Å². The normalized spacial score (nSPS) is 21.9. The Bertz CT molecular complexity index is 650. The van der Waals surface area contributed by atoms with E-state index in [2.05, 4.69) is 4.98 Å². The van der Waals surface area contributed by atoms with Crippen molar-refractivity contribution in [1.29, 1.82) is 0 Å². The van der Waals surface area contributed by atoms with E-state index in [-0.39, 0.29) is 23.1 Å². The summed E-state index contributed by atoms with van der Waals surface area (Å²) >= 11 is 0. The lowest BCUT2D eigenvalue weighted by Crippen LogP contribution is -2.32. The van der Waals surface area contributed by atoms with Gasteiger partial charge in [0, 0.05) is 17.3 Å². The fourth-order valence-corrected chi connectivity index (χ4v) is 2.21. The van der Waals surface area contributed by atoms with E-state index < -0.39 is 23.3 Å². The molecule has 1 aromatic heterocycles. The Morgan fingerprint density at radius 3 is 2.60 bits per heavy atom. The average Bonchev–Trinajstić information content (AvgIpc) is 2.39. The summed E-state index contributed by atoms with van der Waals surface area (Å²) in [6, 6.07) is 2.92. The van der Waals surface area contributed by atoms with Crippen molar-refractivity contribution in [3.8, 4) is 0 Å². The zero-order valence-corrected chi connectivity index (χ0v) is 10.6. The molecule has 1 unspecified atom stereocenters. The van der Waals surface area contributed by atoms with E-state index >= 15 is 0 Å². The topological polar surface area (TPSA) is 87.5 Å². The number of carbonyl (C=O) groups is 2. The van der Waals surface area contributed by atoms with E-state index in [1.54, 1.807) is 0 Å². The third kappa shape index (κ3) is 2.20. The summed E-state index contributed by atoms with van der Waals surface area (Å²) in [5.74, 6) is -3.17. The first kappa shape index (κ1) is 13.9. The molecule has 0 saturated carbocycles. The van der Waals surface area contributed by atoms with Gasteiger partial charge in [0.2, 0.25) is 5.95 Å². The van der Waals surface area contributed by atoms with E-state index in [9.17, 15) is 19.1 Å². The third-order valence-corrected chi connectivity index (χ3v) is 3.39. The molecule has 1 aromatic rings. The van der Waals surface area contributed by atoms with Gasteiger partial charge >= 0.3 is 11.9 Å². The van der Waals surface area contributed by atoms with Crippen LogP contribution in [0.5, 0.6) is 0 Å². The Kier molecular flexibility index (Phi) is 3.40. The molecule has 0 aliphatic heterocycles. The van der Waals surface area contributed by atoms with Crippen LogP contribution in [0.1, 0.15) is 18.9 Å². The van der Waals surface area contributed by atoms with Gasteiger partial charge in [-0.05, 0) is 31.1 Å². The Balaban J connectivity index is 2.61. The molecule has 0 aromatic carbocycles. The van der Waals surface area contributed by atoms with Crippen molar-refractivity contribution >= 4 is 17.5 Å². The predicted octanol–water partition coefficient (Wildman–Crippen LogP) is 2.11. The van der Waals surface area contributed by atoms with Gasteiger partial charge in [-0.3, -0.25) is 4.79 Å². The van der Waals surface area contributed by atoms with Gasteiger partial charge < -0.3 is 10.2 Å². The fourth-order valence-electron chi connectivity index (χ4n) is 2.21. The zero-order chi connectivity index (χ0) is 14.9. The van der Waals surface area contributed by atoms with Crippen LogP contribution in [0.2, 0.25) is 0 Å². The Morgan fingerprint density at radius 1 is 1.35 bits per heavy atom. The molecule has 1 aliphatic rings. The minimum absolute atomic E-state index is 0.0250. The number of halogens is 1. The van der Waals surface area contributed by atoms with Gasteiger partial charge in [-0.2, -0.15) is 4.39 Å². The maximum atomic E-state index is 13.8. The number of allylic oxidation sites excluding steroid dienone is 2. The van der Waals surface area contributed by atoms with E-state index in [1.807, 2.05) is 0 Å². The van der Waals surface area contributed by atoms with Gasteiger partial charge in [-0.15, -0.1) is 0 Å². The third-order valence-electron chi connectivity index (χ3n) is 3.39. The summed E-state index contributed by atoms with van der Waals surface area (Å²) in [5, 5.41) is 18.4. The van der Waals surface area contributed by atoms with Gasteiger partial charge in [0.15, 0.2) is 0 Å². The second-order valence-electron chi connectivity index (χ2n) is 4.73. The molecule has 0 amide bonds. The highest BCUT2D eigenvalue weighted by Crippen LogP contribution is 2.43. The lowest BCUT2D eigenvalue weighted by Gasteiger charge is -2.31. The molecule has 5 nitrogen and oxygen atoms in total. The van der Waals surface area contributed by atoms with E-state index in [1.165, 1.54) is 37.4 Å². The highest BCUT2D eigenvalue weighted by atomic mass is 19.1. The first-order chi connectivity index (χ1) is 9.36. The maximum absolute atomic E-state index is 13.8. The van der Waals surface area contributed by atoms with Crippen molar-refractivity contribution in [1.82, 2.24) is 4.98 Å². The van der Waals surface area contributed by atoms with Gasteiger partial charge in [0.05, 0.1) is 5.41 Å². The number of rotatable bonds is 3. The number of hydrogen-bond acceptors (Lipinski definition) is 3. The Labute approximate surface area is 114 Å². The van der Waals surface area contributed by atoms with E-state index in [0.29, 0.717) is 0 Å². The number of pyridine rings is 1. The molecule has 0 saturated heterocycles. The van der Waals surface area contributed by atoms with Gasteiger partial charge in [-0.1, -0.05) is 12.2 Å². The maximum Gasteiger partial charge on any atom is 0.331 e. The average molecular weight is 277 g/mol. The molecule has 104 valence electrons. The van der Waals surface area contributed by atoms with Crippen LogP contribution >= 0.6 is 0 Å². The van der Waals surface area contributed by atoms with Crippen LogP contribution in [0.25, 0.3) is 5.57 Å². The monoisotopic (exact) mass is 277 g/mol. The standard InChI is InChI=1S/C14H12FNO4/c1-14(13(19)20)7-8(12(17)18)4-5-10(14)9-3-2-6-16-11(9)15/h2-6H,7H2,1H3,(H,17,18)(H,19,20). The van der Waals surface area contributed by atoms with Gasteiger partial charge in [-0.25, -0.2) is 9.78 Å². The van der Waals surface area contributed by atoms with E-state index in [0.717, 1.165) is 0 Å². The van der Waals surface area contributed by atoms with Crippen LogP contribution in [-0.2, 0) is 9.59 Å². The summed E-state index contributed by atoms with van der Waals surface area (Å²) in [6.07, 6.45) is 3.69. The van der Waals surface area contributed by atoms with Crippen molar-refractivity contribution in [3.63, 3.8) is 0 Å². The zero-order valence-electron chi connectivity index (χ0n) is 10.6. The SMILES string of the molecule is CC1(C(=O)O)CC(C(=O)O)=CC=C1c1cccnc1F. The first-order valence-electron chi connectivity index (χ1n) is 5.85. The minimum atomic E-state index is -1.51. The molecular weight excluding hydrogens is 265 g/mol. The quantitative estimate of drug-likeness (QED) is 0.826. The molecule has 0 fully saturated rings. The van der Waals surface area contributed by atoms with Crippen molar-refractivity contribution in [2.24, 2.45) is 5.41 Å². The number of aliphatic carboxylic acids is 2. The summed E-state index contributed by atoms with van der Waals surface area (Å²) in [4.78, 5) is 26.0. The molecule has 1 aliphatic carbocycles. The molecule has 1 heterocycles. The van der Waals surface area contributed by atoms with E-state index in [4.69, 9.17) is 5.11 Å². The first-order valence-corrected chi connectivity index (χ1v) is 5.85. The fraction of sp³-hybridized carbons (Fsp3) is 0.214. The van der Waals surface area contributed by atoms with Crippen LogP contribution in [0.3, 0.4) is 0 Å². The van der Waals surface area contributed by atoms with Crippen LogP contribution in [-0.4, -0.2) is 27.1 Å². The highest BCUT2D eigenvalue weighted by Gasteiger charge is 2.42. The number of aromatic nitrogens is 1. The molecule has 20 heavy (non-hydrogen) atoms. The summed E-state index contributed by atoms with van der Waals surface area (Å²) in [6.45, 7) is 1.38. The highest BCUT2D eigenvalue weighted by molar-refractivity contribution is 5.98. The number of carboxylic acid groups (broad SMARTS) is 2. The van der Waals surface area contributed by atoms with Gasteiger partial charge in [0.1, 0.15) is 0 Å². The minimum Gasteiger partial charge on any atom is -0.481 e. The Morgan fingerprint density at radius 2 is 2.05 bits per heavy atom. The number of hydrogen-bond donors (Lipinski definition) is 2. The van der Waals surface area contributed by atoms with Crippen molar-refractivity contribution in [2.45, 2.75) is 13.3 Å². The van der Waals surface area contributed by atoms with Crippen LogP contribution in [0, 0.1) is 11.4 Å². The summed E-state index contributed by atoms with van der Waals surface area (Å²) in [7, 11) is 0. The lowest BCUT2D eigenvalue weighted by atomic mass is 9.71. The number of carboxylic acids is 2. The molecule has 0 radical (unpaired) electrons. The molecule has 1 atom stereocenters. The second kappa shape index (κ2) is 4.88. The summed E-state index contributed by atoms with van der Waals surface area (Å²) in [5.41, 5.74) is -1.26. The van der Waals surface area contributed by atoms with Crippen LogP contribution in [0.4, 0.5) is 4.39 Å². The molecule has 0 spiro atoms. The van der Waals surface area contributed by atoms with Gasteiger partial charge in [0.25, 0.3) is 0 Å². The molecule has 2 N–H and O–H groups in total. The number of nitrogens with zero attached hydrogens (tertiary/aromatic N) is 1. The predicted molar refractivity (Wildman–Crippen MR) is 68.3 cm³/mol. The molecule has 0 bridgehead atoms. The second-order valence-corrected chi connectivity index (χ2v) is 4.73. The Hall–Kier alpha value is -2.50. The lowest BCUT2D eigenvalue weighted by molar-refractivity contribution is -0.144. The van der Waals surface area contributed by atoms with Crippen molar-refractivity contribution in [2.75, 3.05) is 0 Å². The van der Waals surface area contributed by atoms with Crippen molar-refractivity contribution < 1.29 is 24.2 Å². The smallest absolute Gasteiger partial charge is 0.331 e.